The van der Waals surface area contributed by atoms with Crippen LogP contribution in [-0.4, -0.2) is 10.5 Å². The Labute approximate surface area is 118 Å². The summed E-state index contributed by atoms with van der Waals surface area (Å²) in [6.07, 6.45) is 0.0645. The monoisotopic (exact) mass is 356 g/mol. The molecular formula is C14H13IO3. The first kappa shape index (κ1) is 12.0. The third-order valence-electron chi connectivity index (χ3n) is 3.48. The summed E-state index contributed by atoms with van der Waals surface area (Å²) in [4.78, 5) is 12.0. The summed E-state index contributed by atoms with van der Waals surface area (Å²) in [6.45, 7) is 4.04. The van der Waals surface area contributed by atoms with E-state index in [0.717, 1.165) is 21.1 Å². The van der Waals surface area contributed by atoms with Crippen LogP contribution in [0, 0.1) is 6.92 Å². The molecule has 3 nitrogen and oxygen atoms in total. The normalized spacial score (nSPS) is 21.9. The molecule has 0 aliphatic carbocycles. The Morgan fingerprint density at radius 2 is 2.17 bits per heavy atom. The zero-order valence-electron chi connectivity index (χ0n) is 10.2. The van der Waals surface area contributed by atoms with Crippen LogP contribution < -0.4 is 10.4 Å². The highest BCUT2D eigenvalue weighted by Gasteiger charge is 2.35. The first-order chi connectivity index (χ1) is 8.61. The van der Waals surface area contributed by atoms with Gasteiger partial charge >= 0.3 is 5.63 Å². The predicted octanol–water partition coefficient (Wildman–Crippen LogP) is 3.40. The highest BCUT2D eigenvalue weighted by atomic mass is 127. The van der Waals surface area contributed by atoms with Crippen molar-refractivity contribution in [1.29, 1.82) is 0 Å². The van der Waals surface area contributed by atoms with E-state index < -0.39 is 0 Å². The molecule has 3 rings (SSSR count). The number of rotatable bonds is 1. The molecule has 2 atom stereocenters. The van der Waals surface area contributed by atoms with E-state index in [9.17, 15) is 4.79 Å². The number of halogens is 1. The van der Waals surface area contributed by atoms with Gasteiger partial charge in [0.2, 0.25) is 0 Å². The minimum Gasteiger partial charge on any atom is -0.488 e. The van der Waals surface area contributed by atoms with E-state index in [1.165, 1.54) is 0 Å². The Bertz CT molecular complexity index is 675. The van der Waals surface area contributed by atoms with Crippen molar-refractivity contribution in [3.05, 3.63) is 39.7 Å². The van der Waals surface area contributed by atoms with Gasteiger partial charge in [-0.25, -0.2) is 4.79 Å². The number of ether oxygens (including phenoxy) is 1. The quantitative estimate of drug-likeness (QED) is 0.447. The number of fused-ring (bicyclic) bond motifs is 3. The van der Waals surface area contributed by atoms with Crippen molar-refractivity contribution in [2.45, 2.75) is 25.9 Å². The van der Waals surface area contributed by atoms with Crippen LogP contribution in [0.1, 0.15) is 24.0 Å². The van der Waals surface area contributed by atoms with E-state index in [1.54, 1.807) is 0 Å². The summed E-state index contributed by atoms with van der Waals surface area (Å²) in [7, 11) is 0. The first-order valence-electron chi connectivity index (χ1n) is 5.92. The molecule has 0 N–H and O–H groups in total. The van der Waals surface area contributed by atoms with Gasteiger partial charge in [-0.2, -0.15) is 0 Å². The summed E-state index contributed by atoms with van der Waals surface area (Å²) >= 11 is 2.29. The smallest absolute Gasteiger partial charge is 0.343 e. The highest BCUT2D eigenvalue weighted by molar-refractivity contribution is 14.1. The second-order valence-corrected chi connectivity index (χ2v) is 5.61. The topological polar surface area (TPSA) is 39.4 Å². The minimum absolute atomic E-state index is 0.0645. The molecule has 2 aromatic rings. The molecule has 2 heterocycles. The Morgan fingerprint density at radius 3 is 2.89 bits per heavy atom. The molecule has 1 aliphatic rings. The summed E-state index contributed by atoms with van der Waals surface area (Å²) < 4.78 is 12.2. The summed E-state index contributed by atoms with van der Waals surface area (Å²) in [5.74, 6) is 0.817. The van der Waals surface area contributed by atoms with Crippen molar-refractivity contribution in [3.63, 3.8) is 0 Å². The lowest BCUT2D eigenvalue weighted by atomic mass is 9.99. The fourth-order valence-electron chi connectivity index (χ4n) is 2.43. The van der Waals surface area contributed by atoms with Crippen LogP contribution in [0.5, 0.6) is 5.75 Å². The van der Waals surface area contributed by atoms with Crippen LogP contribution in [0.25, 0.3) is 11.0 Å². The van der Waals surface area contributed by atoms with E-state index in [4.69, 9.17) is 9.15 Å². The number of hydrogen-bond donors (Lipinski definition) is 0. The molecule has 4 heteroatoms. The number of hydrogen-bond acceptors (Lipinski definition) is 3. The van der Waals surface area contributed by atoms with Gasteiger partial charge < -0.3 is 9.15 Å². The average molecular weight is 356 g/mol. The minimum atomic E-state index is -0.263. The number of benzene rings is 1. The largest absolute Gasteiger partial charge is 0.488 e. The molecule has 94 valence electrons. The first-order valence-corrected chi connectivity index (χ1v) is 7.44. The van der Waals surface area contributed by atoms with Gasteiger partial charge in [-0.05, 0) is 19.1 Å². The molecule has 0 amide bonds. The van der Waals surface area contributed by atoms with Crippen LogP contribution >= 0.6 is 22.6 Å². The number of aryl methyl sites for hydroxylation is 1. The van der Waals surface area contributed by atoms with Gasteiger partial charge in [0.1, 0.15) is 17.4 Å². The molecule has 2 unspecified atom stereocenters. The lowest BCUT2D eigenvalue weighted by Gasteiger charge is -2.10. The maximum atomic E-state index is 12.0. The molecule has 0 bridgehead atoms. The van der Waals surface area contributed by atoms with Crippen molar-refractivity contribution in [2.24, 2.45) is 0 Å². The van der Waals surface area contributed by atoms with Crippen LogP contribution in [0.15, 0.2) is 27.4 Å². The van der Waals surface area contributed by atoms with Gasteiger partial charge in [-0.3, -0.25) is 0 Å². The second-order valence-electron chi connectivity index (χ2n) is 4.73. The van der Waals surface area contributed by atoms with Crippen LogP contribution in [0.2, 0.25) is 0 Å². The van der Waals surface area contributed by atoms with Crippen LogP contribution in [0.3, 0.4) is 0 Å². The van der Waals surface area contributed by atoms with Crippen LogP contribution in [-0.2, 0) is 0 Å². The zero-order valence-corrected chi connectivity index (χ0v) is 12.4. The average Bonchev–Trinajstić information content (AvgIpc) is 2.68. The molecule has 1 aromatic carbocycles. The lowest BCUT2D eigenvalue weighted by molar-refractivity contribution is 0.242. The van der Waals surface area contributed by atoms with Crippen molar-refractivity contribution in [2.75, 3.05) is 4.43 Å². The van der Waals surface area contributed by atoms with Gasteiger partial charge in [0.05, 0.1) is 10.9 Å². The Morgan fingerprint density at radius 1 is 1.39 bits per heavy atom. The van der Waals surface area contributed by atoms with Crippen molar-refractivity contribution in [1.82, 2.24) is 0 Å². The molecule has 1 aliphatic heterocycles. The molecule has 1 aromatic heterocycles. The van der Waals surface area contributed by atoms with Crippen molar-refractivity contribution >= 4 is 33.6 Å². The van der Waals surface area contributed by atoms with Crippen molar-refractivity contribution < 1.29 is 9.15 Å². The highest BCUT2D eigenvalue weighted by Crippen LogP contribution is 2.41. The Balaban J connectivity index is 2.35. The fourth-order valence-corrected chi connectivity index (χ4v) is 3.37. The molecule has 0 fully saturated rings. The van der Waals surface area contributed by atoms with Gasteiger partial charge in [0.25, 0.3) is 0 Å². The van der Waals surface area contributed by atoms with E-state index in [-0.39, 0.29) is 17.6 Å². The predicted molar refractivity (Wildman–Crippen MR) is 78.9 cm³/mol. The van der Waals surface area contributed by atoms with Crippen molar-refractivity contribution in [3.8, 4) is 5.75 Å². The fraction of sp³-hybridized carbons (Fsp3) is 0.357. The Hall–Kier alpha value is -1.04. The van der Waals surface area contributed by atoms with Gasteiger partial charge in [0.15, 0.2) is 0 Å². The molecule has 0 saturated carbocycles. The third kappa shape index (κ3) is 1.66. The molecule has 0 spiro atoms. The maximum Gasteiger partial charge on any atom is 0.343 e. The van der Waals surface area contributed by atoms with Crippen LogP contribution in [0.4, 0.5) is 0 Å². The van der Waals surface area contributed by atoms with E-state index >= 15 is 0 Å². The second kappa shape index (κ2) is 4.26. The van der Waals surface area contributed by atoms with Gasteiger partial charge in [-0.1, -0.05) is 41.1 Å². The SMILES string of the molecule is Cc1ccc2oc(=O)c3c(c2c1)OC(CI)C3C. The summed E-state index contributed by atoms with van der Waals surface area (Å²) in [6, 6.07) is 5.78. The molecule has 0 radical (unpaired) electrons. The Kier molecular flexibility index (Phi) is 2.84. The molecular weight excluding hydrogens is 343 g/mol. The van der Waals surface area contributed by atoms with E-state index in [1.807, 2.05) is 32.0 Å². The third-order valence-corrected chi connectivity index (χ3v) is 4.35. The zero-order chi connectivity index (χ0) is 12.9. The summed E-state index contributed by atoms with van der Waals surface area (Å²) in [5.41, 5.74) is 2.16. The lowest BCUT2D eigenvalue weighted by Crippen LogP contribution is -2.19. The molecule has 0 saturated heterocycles. The van der Waals surface area contributed by atoms with E-state index in [0.29, 0.717) is 11.1 Å². The standard InChI is InChI=1S/C14H13IO3/c1-7-3-4-10-9(5-7)13-12(14(16)18-10)8(2)11(6-15)17-13/h3-5,8,11H,6H2,1-2H3. The van der Waals surface area contributed by atoms with Gasteiger partial charge in [0, 0.05) is 10.3 Å². The number of alkyl halides is 1. The molecule has 18 heavy (non-hydrogen) atoms. The van der Waals surface area contributed by atoms with Gasteiger partial charge in [-0.15, -0.1) is 0 Å². The maximum absolute atomic E-state index is 12.0. The van der Waals surface area contributed by atoms with E-state index in [2.05, 4.69) is 22.6 Å². The summed E-state index contributed by atoms with van der Waals surface area (Å²) in [5, 5.41) is 0.906.